The van der Waals surface area contributed by atoms with Gasteiger partial charge in [0.1, 0.15) is 0 Å². The zero-order valence-corrected chi connectivity index (χ0v) is 9.87. The second-order valence-electron chi connectivity index (χ2n) is 4.28. The van der Waals surface area contributed by atoms with Crippen molar-refractivity contribution < 1.29 is 0 Å². The fourth-order valence-electron chi connectivity index (χ4n) is 2.15. The number of rotatable bonds is 4. The Kier molecular flexibility index (Phi) is 3.58. The third-order valence-electron chi connectivity index (χ3n) is 3.05. The average molecular weight is 213 g/mol. The monoisotopic (exact) mass is 213 g/mol. The first-order chi connectivity index (χ1) is 7.85. The van der Waals surface area contributed by atoms with Gasteiger partial charge in [0, 0.05) is 6.54 Å². The highest BCUT2D eigenvalue weighted by atomic mass is 14.5. The van der Waals surface area contributed by atoms with E-state index in [1.54, 1.807) is 0 Å². The van der Waals surface area contributed by atoms with Gasteiger partial charge in [0.05, 0.1) is 0 Å². The van der Waals surface area contributed by atoms with Crippen LogP contribution in [0.3, 0.4) is 0 Å². The molecule has 1 heteroatoms. The highest BCUT2D eigenvalue weighted by Gasteiger charge is 2.02. The van der Waals surface area contributed by atoms with Gasteiger partial charge in [-0.3, -0.25) is 0 Å². The number of hydrogen-bond donors (Lipinski definition) is 1. The predicted octanol–water partition coefficient (Wildman–Crippen LogP) is 3.64. The largest absolute Gasteiger partial charge is 0.326 e. The van der Waals surface area contributed by atoms with Crippen LogP contribution in [0.5, 0.6) is 0 Å². The van der Waals surface area contributed by atoms with Gasteiger partial charge in [0.25, 0.3) is 0 Å². The Bertz CT molecular complexity index is 474. The number of unbranched alkanes of at least 4 members (excludes halogenated alkanes) is 1. The first-order valence-electron chi connectivity index (χ1n) is 6.05. The van der Waals surface area contributed by atoms with Crippen LogP contribution in [0.25, 0.3) is 10.8 Å². The first kappa shape index (κ1) is 11.2. The van der Waals surface area contributed by atoms with Crippen LogP contribution in [0.15, 0.2) is 36.4 Å². The van der Waals surface area contributed by atoms with Crippen molar-refractivity contribution in [1.29, 1.82) is 0 Å². The lowest BCUT2D eigenvalue weighted by molar-refractivity contribution is 0.794. The molecular formula is C15H19N. The van der Waals surface area contributed by atoms with Crippen LogP contribution in [-0.4, -0.2) is 0 Å². The van der Waals surface area contributed by atoms with E-state index in [9.17, 15) is 0 Å². The van der Waals surface area contributed by atoms with E-state index < -0.39 is 0 Å². The summed E-state index contributed by atoms with van der Waals surface area (Å²) >= 11 is 0. The second kappa shape index (κ2) is 5.13. The maximum absolute atomic E-state index is 5.81. The van der Waals surface area contributed by atoms with E-state index in [-0.39, 0.29) is 0 Å². The lowest BCUT2D eigenvalue weighted by Crippen LogP contribution is -1.99. The van der Waals surface area contributed by atoms with Crippen molar-refractivity contribution in [3.8, 4) is 0 Å². The molecule has 2 aromatic carbocycles. The zero-order valence-electron chi connectivity index (χ0n) is 9.87. The lowest BCUT2D eigenvalue weighted by Gasteiger charge is -2.08. The summed E-state index contributed by atoms with van der Waals surface area (Å²) in [5, 5.41) is 2.61. The van der Waals surface area contributed by atoms with Crippen molar-refractivity contribution in [3.05, 3.63) is 47.5 Å². The summed E-state index contributed by atoms with van der Waals surface area (Å²) in [5.41, 5.74) is 8.50. The summed E-state index contributed by atoms with van der Waals surface area (Å²) in [7, 11) is 0. The smallest absolute Gasteiger partial charge is 0.0184 e. The minimum atomic E-state index is 0.625. The van der Waals surface area contributed by atoms with Crippen molar-refractivity contribution >= 4 is 10.8 Å². The van der Waals surface area contributed by atoms with Crippen LogP contribution in [0, 0.1) is 0 Å². The van der Waals surface area contributed by atoms with Gasteiger partial charge in [-0.1, -0.05) is 49.7 Å². The molecule has 0 aromatic heterocycles. The molecule has 0 amide bonds. The quantitative estimate of drug-likeness (QED) is 0.824. The number of aryl methyl sites for hydroxylation is 1. The summed E-state index contributed by atoms with van der Waals surface area (Å²) in [4.78, 5) is 0. The van der Waals surface area contributed by atoms with Gasteiger partial charge in [-0.05, 0) is 34.7 Å². The Morgan fingerprint density at radius 1 is 1.12 bits per heavy atom. The van der Waals surface area contributed by atoms with Gasteiger partial charge < -0.3 is 5.73 Å². The Morgan fingerprint density at radius 2 is 1.94 bits per heavy atom. The molecule has 0 saturated heterocycles. The van der Waals surface area contributed by atoms with E-state index >= 15 is 0 Å². The van der Waals surface area contributed by atoms with E-state index in [2.05, 4.69) is 43.3 Å². The van der Waals surface area contributed by atoms with Gasteiger partial charge in [-0.25, -0.2) is 0 Å². The Labute approximate surface area is 97.3 Å². The molecule has 0 radical (unpaired) electrons. The molecule has 16 heavy (non-hydrogen) atoms. The Hall–Kier alpha value is -1.34. The van der Waals surface area contributed by atoms with Crippen LogP contribution >= 0.6 is 0 Å². The molecule has 0 saturated carbocycles. The van der Waals surface area contributed by atoms with Crippen molar-refractivity contribution in [2.24, 2.45) is 5.73 Å². The van der Waals surface area contributed by atoms with E-state index in [1.165, 1.54) is 34.7 Å². The SMILES string of the molecule is CCCCc1cc(CN)c2ccccc2c1. The number of benzene rings is 2. The third-order valence-corrected chi connectivity index (χ3v) is 3.05. The normalized spacial score (nSPS) is 10.9. The molecular weight excluding hydrogens is 194 g/mol. The average Bonchev–Trinajstić information content (AvgIpc) is 2.35. The molecule has 0 aliphatic carbocycles. The van der Waals surface area contributed by atoms with E-state index in [1.807, 2.05) is 0 Å². The van der Waals surface area contributed by atoms with Crippen LogP contribution in [0.1, 0.15) is 30.9 Å². The Morgan fingerprint density at radius 3 is 2.69 bits per heavy atom. The molecule has 0 heterocycles. The van der Waals surface area contributed by atoms with Crippen LogP contribution in [-0.2, 0) is 13.0 Å². The van der Waals surface area contributed by atoms with E-state index in [0.717, 1.165) is 6.42 Å². The molecule has 0 aliphatic heterocycles. The standard InChI is InChI=1S/C15H19N/c1-2-3-6-12-9-13-7-4-5-8-15(13)14(10-12)11-16/h4-5,7-10H,2-3,6,11,16H2,1H3. The molecule has 1 nitrogen and oxygen atoms in total. The fraction of sp³-hybridized carbons (Fsp3) is 0.333. The molecule has 2 aromatic rings. The maximum atomic E-state index is 5.81. The van der Waals surface area contributed by atoms with Crippen LogP contribution < -0.4 is 5.73 Å². The molecule has 2 rings (SSSR count). The highest BCUT2D eigenvalue weighted by molar-refractivity contribution is 5.86. The van der Waals surface area contributed by atoms with Crippen molar-refractivity contribution in [2.45, 2.75) is 32.7 Å². The van der Waals surface area contributed by atoms with Crippen LogP contribution in [0.2, 0.25) is 0 Å². The highest BCUT2D eigenvalue weighted by Crippen LogP contribution is 2.21. The molecule has 0 spiro atoms. The third kappa shape index (κ3) is 2.25. The van der Waals surface area contributed by atoms with Gasteiger partial charge in [-0.2, -0.15) is 0 Å². The topological polar surface area (TPSA) is 26.0 Å². The first-order valence-corrected chi connectivity index (χ1v) is 6.05. The van der Waals surface area contributed by atoms with Crippen molar-refractivity contribution in [1.82, 2.24) is 0 Å². The number of nitrogens with two attached hydrogens (primary N) is 1. The molecule has 2 N–H and O–H groups in total. The molecule has 0 bridgehead atoms. The van der Waals surface area contributed by atoms with Gasteiger partial charge >= 0.3 is 0 Å². The summed E-state index contributed by atoms with van der Waals surface area (Å²) < 4.78 is 0. The zero-order chi connectivity index (χ0) is 11.4. The van der Waals surface area contributed by atoms with Gasteiger partial charge in [-0.15, -0.1) is 0 Å². The van der Waals surface area contributed by atoms with Gasteiger partial charge in [0.15, 0.2) is 0 Å². The summed E-state index contributed by atoms with van der Waals surface area (Å²) in [6.07, 6.45) is 3.65. The molecule has 0 unspecified atom stereocenters. The molecule has 0 fully saturated rings. The Balaban J connectivity index is 2.46. The number of fused-ring (bicyclic) bond motifs is 1. The fourth-order valence-corrected chi connectivity index (χ4v) is 2.15. The molecule has 0 aliphatic rings. The van der Waals surface area contributed by atoms with Crippen LogP contribution in [0.4, 0.5) is 0 Å². The van der Waals surface area contributed by atoms with Gasteiger partial charge in [0.2, 0.25) is 0 Å². The minimum Gasteiger partial charge on any atom is -0.326 e. The van der Waals surface area contributed by atoms with E-state index in [0.29, 0.717) is 6.54 Å². The summed E-state index contributed by atoms with van der Waals surface area (Å²) in [6, 6.07) is 13.0. The maximum Gasteiger partial charge on any atom is 0.0184 e. The minimum absolute atomic E-state index is 0.625. The lowest BCUT2D eigenvalue weighted by atomic mass is 9.98. The molecule has 0 atom stereocenters. The predicted molar refractivity (Wildman–Crippen MR) is 70.5 cm³/mol. The molecule has 84 valence electrons. The summed E-state index contributed by atoms with van der Waals surface area (Å²) in [5.74, 6) is 0. The summed E-state index contributed by atoms with van der Waals surface area (Å²) in [6.45, 7) is 2.85. The van der Waals surface area contributed by atoms with E-state index in [4.69, 9.17) is 5.73 Å². The van der Waals surface area contributed by atoms with Crippen molar-refractivity contribution in [2.75, 3.05) is 0 Å². The van der Waals surface area contributed by atoms with Crippen molar-refractivity contribution in [3.63, 3.8) is 0 Å². The number of hydrogen-bond acceptors (Lipinski definition) is 1. The second-order valence-corrected chi connectivity index (χ2v) is 4.28.